The predicted molar refractivity (Wildman–Crippen MR) is 126 cm³/mol. The lowest BCUT2D eigenvalue weighted by atomic mass is 10.2. The van der Waals surface area contributed by atoms with E-state index in [0.717, 1.165) is 23.5 Å². The average Bonchev–Trinajstić information content (AvgIpc) is 3.37. The number of nitrogens with one attached hydrogen (secondary N) is 1. The van der Waals surface area contributed by atoms with Crippen LogP contribution in [0.1, 0.15) is 15.9 Å². The molecule has 1 aliphatic heterocycles. The van der Waals surface area contributed by atoms with E-state index in [0.29, 0.717) is 31.1 Å². The van der Waals surface area contributed by atoms with Crippen molar-refractivity contribution in [3.8, 4) is 11.5 Å². The summed E-state index contributed by atoms with van der Waals surface area (Å²) in [6.07, 6.45) is 0. The maximum atomic E-state index is 12.6. The highest BCUT2D eigenvalue weighted by Gasteiger charge is 2.24. The normalized spacial score (nSPS) is 13.0. The van der Waals surface area contributed by atoms with Gasteiger partial charge < -0.3 is 24.6 Å². The van der Waals surface area contributed by atoms with Crippen LogP contribution >= 0.6 is 0 Å². The van der Waals surface area contributed by atoms with Crippen LogP contribution in [0.15, 0.2) is 78.9 Å². The molecule has 0 aliphatic carbocycles. The first-order chi connectivity index (χ1) is 16.1. The van der Waals surface area contributed by atoms with Gasteiger partial charge in [-0.05, 0) is 48.0 Å². The summed E-state index contributed by atoms with van der Waals surface area (Å²) in [6, 6.07) is 24.8. The summed E-state index contributed by atoms with van der Waals surface area (Å²) in [5.74, 6) is 0.983. The van der Waals surface area contributed by atoms with Crippen molar-refractivity contribution in [2.24, 2.45) is 0 Å². The molecule has 3 aromatic carbocycles. The van der Waals surface area contributed by atoms with E-state index in [9.17, 15) is 9.59 Å². The summed E-state index contributed by atoms with van der Waals surface area (Å²) < 4.78 is 11.0. The largest absolute Gasteiger partial charge is 0.497 e. The van der Waals surface area contributed by atoms with Gasteiger partial charge in [-0.2, -0.15) is 0 Å². The van der Waals surface area contributed by atoms with E-state index in [1.54, 1.807) is 36.3 Å². The van der Waals surface area contributed by atoms with Gasteiger partial charge in [-0.25, -0.2) is 0 Å². The van der Waals surface area contributed by atoms with Gasteiger partial charge in [0.05, 0.1) is 20.3 Å². The van der Waals surface area contributed by atoms with Gasteiger partial charge >= 0.3 is 0 Å². The Bertz CT molecular complexity index is 1090. The number of nitrogens with zero attached hydrogens (tertiary/aromatic N) is 2. The summed E-state index contributed by atoms with van der Waals surface area (Å²) >= 11 is 0. The number of rotatable bonds is 8. The van der Waals surface area contributed by atoms with Crippen LogP contribution in [0.2, 0.25) is 0 Å². The van der Waals surface area contributed by atoms with Crippen LogP contribution in [0.4, 0.5) is 5.69 Å². The Morgan fingerprint density at radius 1 is 0.909 bits per heavy atom. The van der Waals surface area contributed by atoms with Crippen LogP contribution in [0.5, 0.6) is 11.5 Å². The molecule has 0 saturated carbocycles. The van der Waals surface area contributed by atoms with E-state index in [-0.39, 0.29) is 18.4 Å². The molecule has 170 valence electrons. The van der Waals surface area contributed by atoms with Crippen molar-refractivity contribution >= 4 is 17.5 Å². The molecule has 3 aromatic rings. The van der Waals surface area contributed by atoms with Gasteiger partial charge in [-0.15, -0.1) is 0 Å². The smallest absolute Gasteiger partial charge is 0.251 e. The fraction of sp³-hybridized carbons (Fsp3) is 0.231. The Labute approximate surface area is 193 Å². The van der Waals surface area contributed by atoms with E-state index in [1.807, 2.05) is 54.6 Å². The molecule has 1 heterocycles. The molecule has 4 rings (SSSR count). The lowest BCUT2D eigenvalue weighted by molar-refractivity contribution is -0.128. The van der Waals surface area contributed by atoms with E-state index in [4.69, 9.17) is 9.47 Å². The van der Waals surface area contributed by atoms with Gasteiger partial charge in [0.1, 0.15) is 18.1 Å². The quantitative estimate of drug-likeness (QED) is 0.576. The van der Waals surface area contributed by atoms with Gasteiger partial charge in [0.15, 0.2) is 0 Å². The van der Waals surface area contributed by atoms with Crippen molar-refractivity contribution in [2.45, 2.75) is 6.61 Å². The monoisotopic (exact) mass is 445 g/mol. The number of ether oxygens (including phenoxy) is 2. The molecule has 0 unspecified atom stereocenters. The van der Waals surface area contributed by atoms with E-state index >= 15 is 0 Å². The third-order valence-corrected chi connectivity index (χ3v) is 5.52. The Morgan fingerprint density at radius 3 is 2.45 bits per heavy atom. The van der Waals surface area contributed by atoms with Gasteiger partial charge in [0.25, 0.3) is 5.91 Å². The zero-order valence-corrected chi connectivity index (χ0v) is 18.6. The first-order valence-electron chi connectivity index (χ1n) is 10.8. The first-order valence-corrected chi connectivity index (χ1v) is 10.8. The molecular formula is C26H27N3O4. The van der Waals surface area contributed by atoms with E-state index in [1.165, 1.54) is 0 Å². The maximum absolute atomic E-state index is 12.6. The molecule has 0 radical (unpaired) electrons. The number of carbonyl (C=O) groups is 2. The van der Waals surface area contributed by atoms with E-state index in [2.05, 4.69) is 10.2 Å². The van der Waals surface area contributed by atoms with Crippen LogP contribution in [-0.2, 0) is 11.4 Å². The molecule has 1 aliphatic rings. The van der Waals surface area contributed by atoms with Crippen molar-refractivity contribution in [1.82, 2.24) is 10.2 Å². The summed E-state index contributed by atoms with van der Waals surface area (Å²) in [4.78, 5) is 28.8. The molecule has 0 atom stereocenters. The number of hydrogen-bond donors (Lipinski definition) is 1. The average molecular weight is 446 g/mol. The molecule has 0 aromatic heterocycles. The SMILES string of the molecule is COc1cccc(C(=O)NCC(=O)N2CCN(c3ccc(OCc4ccccc4)cc3)C2)c1. The van der Waals surface area contributed by atoms with Crippen LogP contribution < -0.4 is 19.7 Å². The Hall–Kier alpha value is -4.00. The number of methoxy groups -OCH3 is 1. The molecular weight excluding hydrogens is 418 g/mol. The van der Waals surface area contributed by atoms with Gasteiger partial charge in [-0.1, -0.05) is 36.4 Å². The highest BCUT2D eigenvalue weighted by Crippen LogP contribution is 2.22. The summed E-state index contributed by atoms with van der Waals surface area (Å²) in [5.41, 5.74) is 2.60. The van der Waals surface area contributed by atoms with Crippen LogP contribution in [-0.4, -0.2) is 50.1 Å². The summed E-state index contributed by atoms with van der Waals surface area (Å²) in [5, 5.41) is 2.70. The highest BCUT2D eigenvalue weighted by molar-refractivity contribution is 5.96. The Kier molecular flexibility index (Phi) is 7.09. The van der Waals surface area contributed by atoms with Crippen molar-refractivity contribution in [3.05, 3.63) is 90.0 Å². The van der Waals surface area contributed by atoms with Crippen molar-refractivity contribution < 1.29 is 19.1 Å². The molecule has 2 amide bonds. The number of hydrogen-bond acceptors (Lipinski definition) is 5. The second-order valence-corrected chi connectivity index (χ2v) is 7.74. The molecule has 33 heavy (non-hydrogen) atoms. The van der Waals surface area contributed by atoms with Gasteiger partial charge in [-0.3, -0.25) is 9.59 Å². The van der Waals surface area contributed by atoms with E-state index < -0.39 is 0 Å². The maximum Gasteiger partial charge on any atom is 0.251 e. The number of carbonyl (C=O) groups excluding carboxylic acids is 2. The van der Waals surface area contributed by atoms with Crippen LogP contribution in [0, 0.1) is 0 Å². The van der Waals surface area contributed by atoms with Crippen LogP contribution in [0.25, 0.3) is 0 Å². The second kappa shape index (κ2) is 10.5. The number of amides is 2. The number of benzene rings is 3. The van der Waals surface area contributed by atoms with Gasteiger partial charge in [0, 0.05) is 24.3 Å². The second-order valence-electron chi connectivity index (χ2n) is 7.74. The van der Waals surface area contributed by atoms with Crippen LogP contribution in [0.3, 0.4) is 0 Å². The van der Waals surface area contributed by atoms with Crippen molar-refractivity contribution in [3.63, 3.8) is 0 Å². The zero-order valence-electron chi connectivity index (χ0n) is 18.6. The minimum absolute atomic E-state index is 0.0455. The van der Waals surface area contributed by atoms with Crippen molar-refractivity contribution in [2.75, 3.05) is 38.3 Å². The number of anilines is 1. The molecule has 0 spiro atoms. The molecule has 7 heteroatoms. The third-order valence-electron chi connectivity index (χ3n) is 5.52. The van der Waals surface area contributed by atoms with Gasteiger partial charge in [0.2, 0.25) is 5.91 Å². The fourth-order valence-corrected chi connectivity index (χ4v) is 3.63. The zero-order chi connectivity index (χ0) is 23.0. The first kappa shape index (κ1) is 22.2. The lowest BCUT2D eigenvalue weighted by Gasteiger charge is -2.20. The topological polar surface area (TPSA) is 71.1 Å². The summed E-state index contributed by atoms with van der Waals surface area (Å²) in [7, 11) is 1.55. The molecule has 0 bridgehead atoms. The minimum atomic E-state index is -0.301. The Balaban J connectivity index is 1.25. The fourth-order valence-electron chi connectivity index (χ4n) is 3.63. The predicted octanol–water partition coefficient (Wildman–Crippen LogP) is 3.31. The Morgan fingerprint density at radius 2 is 1.70 bits per heavy atom. The van der Waals surface area contributed by atoms with Crippen molar-refractivity contribution in [1.29, 1.82) is 0 Å². The lowest BCUT2D eigenvalue weighted by Crippen LogP contribution is -2.39. The summed E-state index contributed by atoms with van der Waals surface area (Å²) in [6.45, 7) is 2.31. The molecule has 1 N–H and O–H groups in total. The molecule has 1 saturated heterocycles. The minimum Gasteiger partial charge on any atom is -0.497 e. The third kappa shape index (κ3) is 5.83. The highest BCUT2D eigenvalue weighted by atomic mass is 16.5. The standard InChI is InChI=1S/C26H27N3O4/c1-32-24-9-5-8-21(16-24)26(31)27-17-25(30)29-15-14-28(19-29)22-10-12-23(13-11-22)33-18-20-6-3-2-4-7-20/h2-13,16H,14-15,17-19H2,1H3,(H,27,31). The molecule has 7 nitrogen and oxygen atoms in total. The molecule has 1 fully saturated rings.